The molecule has 0 radical (unpaired) electrons. The zero-order valence-corrected chi connectivity index (χ0v) is 19.7. The first-order chi connectivity index (χ1) is 15.9. The number of rotatable bonds is 5. The average Bonchev–Trinajstić information content (AvgIpc) is 3.36. The van der Waals surface area contributed by atoms with Gasteiger partial charge in [-0.2, -0.15) is 10.1 Å². The molecule has 1 saturated heterocycles. The quantitative estimate of drug-likeness (QED) is 0.641. The SMILES string of the molecule is COc1cc2c(cc1Nc1ncc3cnn(C[C@@H]4CC[C@H](C)N4C(C)=O)c3n1)CN(C)CC2. The van der Waals surface area contributed by atoms with Gasteiger partial charge >= 0.3 is 0 Å². The molecule has 2 aromatic heterocycles. The molecule has 174 valence electrons. The number of anilines is 2. The van der Waals surface area contributed by atoms with Gasteiger partial charge in [-0.05, 0) is 56.5 Å². The molecule has 2 aliphatic rings. The first-order valence-corrected chi connectivity index (χ1v) is 11.6. The Morgan fingerprint density at radius 1 is 1.24 bits per heavy atom. The molecule has 0 bridgehead atoms. The number of aromatic nitrogens is 4. The van der Waals surface area contributed by atoms with E-state index >= 15 is 0 Å². The minimum absolute atomic E-state index is 0.114. The molecule has 33 heavy (non-hydrogen) atoms. The molecule has 1 amide bonds. The van der Waals surface area contributed by atoms with Crippen molar-refractivity contribution in [3.63, 3.8) is 0 Å². The number of benzene rings is 1. The molecule has 0 unspecified atom stereocenters. The van der Waals surface area contributed by atoms with E-state index in [1.54, 1.807) is 26.4 Å². The lowest BCUT2D eigenvalue weighted by atomic mass is 9.99. The molecule has 0 spiro atoms. The highest BCUT2D eigenvalue weighted by atomic mass is 16.5. The zero-order valence-electron chi connectivity index (χ0n) is 19.7. The Kier molecular flexibility index (Phi) is 5.65. The number of fused-ring (bicyclic) bond motifs is 2. The highest BCUT2D eigenvalue weighted by Crippen LogP contribution is 2.33. The van der Waals surface area contributed by atoms with Gasteiger partial charge in [0.1, 0.15) is 5.75 Å². The van der Waals surface area contributed by atoms with E-state index in [0.29, 0.717) is 12.5 Å². The monoisotopic (exact) mass is 449 g/mol. The number of carbonyl (C=O) groups is 1. The summed E-state index contributed by atoms with van der Waals surface area (Å²) in [4.78, 5) is 25.7. The second-order valence-electron chi connectivity index (χ2n) is 9.24. The van der Waals surface area contributed by atoms with Crippen LogP contribution in [0.1, 0.15) is 37.8 Å². The van der Waals surface area contributed by atoms with Crippen molar-refractivity contribution >= 4 is 28.6 Å². The summed E-state index contributed by atoms with van der Waals surface area (Å²) in [6, 6.07) is 4.64. The molecule has 9 heteroatoms. The van der Waals surface area contributed by atoms with Gasteiger partial charge in [0.05, 0.1) is 37.0 Å². The van der Waals surface area contributed by atoms with E-state index in [0.717, 1.165) is 54.8 Å². The van der Waals surface area contributed by atoms with E-state index < -0.39 is 0 Å². The fraction of sp³-hybridized carbons (Fsp3) is 0.500. The minimum atomic E-state index is 0.114. The largest absolute Gasteiger partial charge is 0.495 e. The molecule has 1 N–H and O–H groups in total. The Bertz CT molecular complexity index is 1190. The highest BCUT2D eigenvalue weighted by Gasteiger charge is 2.33. The van der Waals surface area contributed by atoms with E-state index in [1.807, 2.05) is 9.58 Å². The van der Waals surface area contributed by atoms with Crippen molar-refractivity contribution in [1.82, 2.24) is 29.5 Å². The van der Waals surface area contributed by atoms with Crippen molar-refractivity contribution in [2.24, 2.45) is 0 Å². The smallest absolute Gasteiger partial charge is 0.229 e. The van der Waals surface area contributed by atoms with E-state index in [4.69, 9.17) is 9.72 Å². The Labute approximate surface area is 193 Å². The normalized spacial score (nSPS) is 20.8. The van der Waals surface area contributed by atoms with Gasteiger partial charge in [0.15, 0.2) is 5.65 Å². The predicted molar refractivity (Wildman–Crippen MR) is 127 cm³/mol. The van der Waals surface area contributed by atoms with Crippen LogP contribution in [0.25, 0.3) is 11.0 Å². The molecule has 4 heterocycles. The minimum Gasteiger partial charge on any atom is -0.495 e. The number of hydrogen-bond acceptors (Lipinski definition) is 7. The number of methoxy groups -OCH3 is 1. The number of nitrogens with one attached hydrogen (secondary N) is 1. The Morgan fingerprint density at radius 2 is 2.09 bits per heavy atom. The van der Waals surface area contributed by atoms with Gasteiger partial charge in [-0.3, -0.25) is 4.79 Å². The van der Waals surface area contributed by atoms with Gasteiger partial charge in [0.2, 0.25) is 11.9 Å². The van der Waals surface area contributed by atoms with Crippen LogP contribution in [-0.2, 0) is 24.3 Å². The molecule has 0 aliphatic carbocycles. The lowest BCUT2D eigenvalue weighted by molar-refractivity contribution is -0.131. The first-order valence-electron chi connectivity index (χ1n) is 11.6. The molecule has 2 aliphatic heterocycles. The first kappa shape index (κ1) is 21.6. The van der Waals surface area contributed by atoms with Crippen LogP contribution in [0.4, 0.5) is 11.6 Å². The number of carbonyl (C=O) groups excluding carboxylic acids is 1. The number of nitrogens with zero attached hydrogens (tertiary/aromatic N) is 6. The molecule has 5 rings (SSSR count). The van der Waals surface area contributed by atoms with Gasteiger partial charge < -0.3 is 19.9 Å². The summed E-state index contributed by atoms with van der Waals surface area (Å²) < 4.78 is 7.54. The van der Waals surface area contributed by atoms with Crippen LogP contribution in [0, 0.1) is 0 Å². The van der Waals surface area contributed by atoms with Crippen LogP contribution in [0.3, 0.4) is 0 Å². The summed E-state index contributed by atoms with van der Waals surface area (Å²) in [5.74, 6) is 1.39. The zero-order chi connectivity index (χ0) is 23.1. The number of hydrogen-bond donors (Lipinski definition) is 1. The second kappa shape index (κ2) is 8.62. The third-order valence-electron chi connectivity index (χ3n) is 6.88. The van der Waals surface area contributed by atoms with Crippen molar-refractivity contribution in [2.45, 2.75) is 58.3 Å². The molecule has 1 aromatic carbocycles. The molecule has 3 aromatic rings. The maximum absolute atomic E-state index is 12.1. The topological polar surface area (TPSA) is 88.4 Å². The molecule has 0 saturated carbocycles. The van der Waals surface area contributed by atoms with Crippen LogP contribution in [0.5, 0.6) is 5.75 Å². The van der Waals surface area contributed by atoms with Gasteiger partial charge in [0.25, 0.3) is 0 Å². The van der Waals surface area contributed by atoms with Gasteiger partial charge in [-0.1, -0.05) is 0 Å². The van der Waals surface area contributed by atoms with E-state index in [2.05, 4.69) is 46.4 Å². The maximum Gasteiger partial charge on any atom is 0.229 e. The summed E-state index contributed by atoms with van der Waals surface area (Å²) in [5.41, 5.74) is 4.22. The van der Waals surface area contributed by atoms with Crippen LogP contribution in [0.2, 0.25) is 0 Å². The van der Waals surface area contributed by atoms with Gasteiger partial charge in [-0.25, -0.2) is 9.67 Å². The van der Waals surface area contributed by atoms with Crippen molar-refractivity contribution in [1.29, 1.82) is 0 Å². The molecular formula is C24H31N7O2. The maximum atomic E-state index is 12.1. The molecule has 1 fully saturated rings. The molecular weight excluding hydrogens is 418 g/mol. The Balaban J connectivity index is 1.43. The molecule has 2 atom stereocenters. The summed E-state index contributed by atoms with van der Waals surface area (Å²) in [7, 11) is 3.82. The van der Waals surface area contributed by atoms with E-state index in [-0.39, 0.29) is 18.0 Å². The number of likely N-dealkylation sites (tertiary alicyclic amines) is 1. The van der Waals surface area contributed by atoms with Crippen molar-refractivity contribution < 1.29 is 9.53 Å². The third kappa shape index (κ3) is 4.13. The Morgan fingerprint density at radius 3 is 2.88 bits per heavy atom. The highest BCUT2D eigenvalue weighted by molar-refractivity contribution is 5.76. The number of amides is 1. The lowest BCUT2D eigenvalue weighted by Gasteiger charge is -2.27. The van der Waals surface area contributed by atoms with E-state index in [9.17, 15) is 4.79 Å². The lowest BCUT2D eigenvalue weighted by Crippen LogP contribution is -2.40. The fourth-order valence-corrected chi connectivity index (χ4v) is 5.19. The van der Waals surface area contributed by atoms with Crippen LogP contribution < -0.4 is 10.1 Å². The van der Waals surface area contributed by atoms with Crippen LogP contribution in [-0.4, -0.2) is 68.2 Å². The standard InChI is InChI=1S/C24H31N7O2/c1-15-5-6-20(31(15)16(2)32)14-30-23-19(12-26-30)11-25-24(28-23)27-21-9-18-13-29(3)8-7-17(18)10-22(21)33-4/h9-12,15,20H,5-8,13-14H2,1-4H3,(H,25,27,28)/t15-,20-/m0/s1. The van der Waals surface area contributed by atoms with E-state index in [1.165, 1.54) is 11.1 Å². The second-order valence-corrected chi connectivity index (χ2v) is 9.24. The number of likely N-dealkylation sites (N-methyl/N-ethyl adjacent to an activating group) is 1. The average molecular weight is 450 g/mol. The fourth-order valence-electron chi connectivity index (χ4n) is 5.19. The summed E-state index contributed by atoms with van der Waals surface area (Å²) in [6.07, 6.45) is 6.57. The Hall–Kier alpha value is -3.20. The summed E-state index contributed by atoms with van der Waals surface area (Å²) >= 11 is 0. The third-order valence-corrected chi connectivity index (χ3v) is 6.88. The van der Waals surface area contributed by atoms with Crippen LogP contribution in [0.15, 0.2) is 24.5 Å². The van der Waals surface area contributed by atoms with Gasteiger partial charge in [-0.15, -0.1) is 0 Å². The summed E-state index contributed by atoms with van der Waals surface area (Å²) in [6.45, 7) is 6.33. The van der Waals surface area contributed by atoms with Crippen LogP contribution >= 0.6 is 0 Å². The number of ether oxygens (including phenoxy) is 1. The molecule has 9 nitrogen and oxygen atoms in total. The predicted octanol–water partition coefficient (Wildman–Crippen LogP) is 2.97. The summed E-state index contributed by atoms with van der Waals surface area (Å²) in [5, 5.41) is 8.77. The van der Waals surface area contributed by atoms with Crippen molar-refractivity contribution in [3.05, 3.63) is 35.7 Å². The van der Waals surface area contributed by atoms with Gasteiger partial charge in [0, 0.05) is 32.3 Å². The van der Waals surface area contributed by atoms with Crippen molar-refractivity contribution in [2.75, 3.05) is 26.0 Å². The van der Waals surface area contributed by atoms with Crippen molar-refractivity contribution in [3.8, 4) is 5.75 Å².